The van der Waals surface area contributed by atoms with E-state index in [4.69, 9.17) is 14.2 Å². The molecule has 2 aromatic rings. The molecule has 8 heteroatoms. The van der Waals surface area contributed by atoms with Crippen LogP contribution in [-0.4, -0.2) is 42.5 Å². The molecule has 0 N–H and O–H groups in total. The van der Waals surface area contributed by atoms with E-state index >= 15 is 0 Å². The monoisotopic (exact) mass is 432 g/mol. The summed E-state index contributed by atoms with van der Waals surface area (Å²) in [6, 6.07) is 11.9. The van der Waals surface area contributed by atoms with Crippen LogP contribution in [0.2, 0.25) is 0 Å². The molecule has 0 saturated carbocycles. The van der Waals surface area contributed by atoms with E-state index in [1.54, 1.807) is 61.7 Å². The number of esters is 3. The minimum Gasteiger partial charge on any atom is -0.463 e. The molecule has 0 bridgehead atoms. The summed E-state index contributed by atoms with van der Waals surface area (Å²) >= 11 is 1.23. The van der Waals surface area contributed by atoms with E-state index in [9.17, 15) is 19.2 Å². The fraction of sp³-hybridized carbons (Fsp3) is 0.364. The summed E-state index contributed by atoms with van der Waals surface area (Å²) in [5.74, 6) is -4.45. The van der Waals surface area contributed by atoms with Crippen molar-refractivity contribution in [3.05, 3.63) is 58.3 Å². The molecule has 0 fully saturated rings. The van der Waals surface area contributed by atoms with Crippen molar-refractivity contribution in [2.24, 2.45) is 0 Å². The highest BCUT2D eigenvalue weighted by molar-refractivity contribution is 7.10. The standard InChI is InChI=1S/C22H24O7S/c1-4-27-20(25)22(29-15(3)23,21(26)28-5-2)17(19-12-9-13-30-19)14-18(24)16-10-7-6-8-11-16/h6-13,17H,4-5,14H2,1-3H3. The van der Waals surface area contributed by atoms with Gasteiger partial charge in [0.25, 0.3) is 0 Å². The van der Waals surface area contributed by atoms with Crippen LogP contribution in [0.1, 0.15) is 48.3 Å². The Morgan fingerprint density at radius 2 is 1.53 bits per heavy atom. The van der Waals surface area contributed by atoms with E-state index in [1.165, 1.54) is 11.3 Å². The van der Waals surface area contributed by atoms with Crippen molar-refractivity contribution in [1.29, 1.82) is 0 Å². The number of carbonyl (C=O) groups is 4. The van der Waals surface area contributed by atoms with Gasteiger partial charge < -0.3 is 14.2 Å². The van der Waals surface area contributed by atoms with Crippen LogP contribution in [0.25, 0.3) is 0 Å². The minimum atomic E-state index is -2.44. The average molecular weight is 432 g/mol. The number of hydrogen-bond donors (Lipinski definition) is 0. The summed E-state index contributed by atoms with van der Waals surface area (Å²) < 4.78 is 15.6. The van der Waals surface area contributed by atoms with Gasteiger partial charge in [0.15, 0.2) is 5.78 Å². The summed E-state index contributed by atoms with van der Waals surface area (Å²) in [6.07, 6.45) is -0.268. The van der Waals surface area contributed by atoms with Crippen LogP contribution in [0.15, 0.2) is 47.8 Å². The molecule has 0 radical (unpaired) electrons. The largest absolute Gasteiger partial charge is 0.463 e. The van der Waals surface area contributed by atoms with Crippen molar-refractivity contribution < 1.29 is 33.4 Å². The summed E-state index contributed by atoms with van der Waals surface area (Å²) in [5.41, 5.74) is -2.03. The zero-order valence-electron chi connectivity index (χ0n) is 17.1. The Bertz CT molecular complexity index is 856. The first kappa shape index (κ1) is 23.3. The van der Waals surface area contributed by atoms with E-state index in [-0.39, 0.29) is 25.4 Å². The number of hydrogen-bond acceptors (Lipinski definition) is 8. The van der Waals surface area contributed by atoms with E-state index in [1.807, 2.05) is 0 Å². The van der Waals surface area contributed by atoms with Gasteiger partial charge in [-0.05, 0) is 25.3 Å². The van der Waals surface area contributed by atoms with Gasteiger partial charge >= 0.3 is 23.5 Å². The van der Waals surface area contributed by atoms with Gasteiger partial charge in [0, 0.05) is 23.8 Å². The Labute approximate surface area is 178 Å². The van der Waals surface area contributed by atoms with E-state index in [0.29, 0.717) is 10.4 Å². The molecule has 0 aliphatic carbocycles. The summed E-state index contributed by atoms with van der Waals surface area (Å²) in [6.45, 7) is 4.11. The van der Waals surface area contributed by atoms with Gasteiger partial charge in [-0.25, -0.2) is 9.59 Å². The molecule has 1 aromatic carbocycles. The molecule has 0 amide bonds. The van der Waals surface area contributed by atoms with Crippen LogP contribution < -0.4 is 0 Å². The molecule has 30 heavy (non-hydrogen) atoms. The number of ketones is 1. The van der Waals surface area contributed by atoms with Crippen molar-refractivity contribution in [2.45, 2.75) is 38.7 Å². The third-order valence-electron chi connectivity index (χ3n) is 4.32. The quantitative estimate of drug-likeness (QED) is 0.245. The normalized spacial score (nSPS) is 12.0. The van der Waals surface area contributed by atoms with Gasteiger partial charge in [-0.15, -0.1) is 11.3 Å². The smallest absolute Gasteiger partial charge is 0.363 e. The lowest BCUT2D eigenvalue weighted by molar-refractivity contribution is -0.198. The van der Waals surface area contributed by atoms with Gasteiger partial charge in [-0.3, -0.25) is 9.59 Å². The molecule has 7 nitrogen and oxygen atoms in total. The van der Waals surface area contributed by atoms with Crippen LogP contribution in [0.3, 0.4) is 0 Å². The molecule has 160 valence electrons. The Kier molecular flexibility index (Phi) is 8.29. The highest BCUT2D eigenvalue weighted by Crippen LogP contribution is 2.40. The maximum Gasteiger partial charge on any atom is 0.363 e. The highest BCUT2D eigenvalue weighted by Gasteiger charge is 2.60. The van der Waals surface area contributed by atoms with Crippen molar-refractivity contribution in [3.63, 3.8) is 0 Å². The molecular weight excluding hydrogens is 408 g/mol. The maximum absolute atomic E-state index is 13.1. The zero-order valence-corrected chi connectivity index (χ0v) is 17.9. The first-order valence-electron chi connectivity index (χ1n) is 9.52. The number of thiophene rings is 1. The van der Waals surface area contributed by atoms with Crippen molar-refractivity contribution in [2.75, 3.05) is 13.2 Å². The molecule has 0 saturated heterocycles. The lowest BCUT2D eigenvalue weighted by atomic mass is 9.81. The van der Waals surface area contributed by atoms with Crippen molar-refractivity contribution in [3.8, 4) is 0 Å². The van der Waals surface area contributed by atoms with Crippen LogP contribution in [-0.2, 0) is 28.6 Å². The van der Waals surface area contributed by atoms with Crippen molar-refractivity contribution in [1.82, 2.24) is 0 Å². The summed E-state index contributed by atoms with van der Waals surface area (Å²) in [5, 5.41) is 1.74. The predicted octanol–water partition coefficient (Wildman–Crippen LogP) is 3.53. The molecule has 0 aliphatic heterocycles. The summed E-state index contributed by atoms with van der Waals surface area (Å²) in [4.78, 5) is 51.6. The van der Waals surface area contributed by atoms with Crippen LogP contribution >= 0.6 is 11.3 Å². The molecule has 1 unspecified atom stereocenters. The average Bonchev–Trinajstić information content (AvgIpc) is 3.25. The molecule has 2 rings (SSSR count). The maximum atomic E-state index is 13.1. The Morgan fingerprint density at radius 3 is 2.00 bits per heavy atom. The Balaban J connectivity index is 2.64. The van der Waals surface area contributed by atoms with E-state index < -0.39 is 29.4 Å². The third kappa shape index (κ3) is 5.13. The highest BCUT2D eigenvalue weighted by atomic mass is 32.1. The molecule has 1 aromatic heterocycles. The van der Waals surface area contributed by atoms with E-state index in [2.05, 4.69) is 0 Å². The predicted molar refractivity (Wildman–Crippen MR) is 110 cm³/mol. The minimum absolute atomic E-state index is 0.0506. The molecule has 0 spiro atoms. The first-order valence-corrected chi connectivity index (χ1v) is 10.4. The SMILES string of the molecule is CCOC(=O)C(OC(C)=O)(C(=O)OCC)C(CC(=O)c1ccccc1)c1cccs1. The van der Waals surface area contributed by atoms with Gasteiger partial charge in [-0.1, -0.05) is 36.4 Å². The number of carbonyl (C=O) groups excluding carboxylic acids is 4. The number of rotatable bonds is 10. The second kappa shape index (κ2) is 10.7. The van der Waals surface area contributed by atoms with Crippen LogP contribution in [0.4, 0.5) is 0 Å². The van der Waals surface area contributed by atoms with Gasteiger partial charge in [0.05, 0.1) is 19.1 Å². The molecular formula is C22H24O7S. The Hall–Kier alpha value is -3.00. The second-order valence-electron chi connectivity index (χ2n) is 6.33. The number of Topliss-reactive ketones (excluding diaryl/α,β-unsaturated/α-hetero) is 1. The topological polar surface area (TPSA) is 96.0 Å². The number of ether oxygens (including phenoxy) is 3. The van der Waals surface area contributed by atoms with Crippen LogP contribution in [0, 0.1) is 0 Å². The fourth-order valence-corrected chi connectivity index (χ4v) is 3.97. The number of benzene rings is 1. The van der Waals surface area contributed by atoms with Gasteiger partial charge in [0.2, 0.25) is 0 Å². The second-order valence-corrected chi connectivity index (χ2v) is 7.31. The summed E-state index contributed by atoms with van der Waals surface area (Å²) in [7, 11) is 0. The third-order valence-corrected chi connectivity index (χ3v) is 5.31. The van der Waals surface area contributed by atoms with Gasteiger partial charge in [0.1, 0.15) is 0 Å². The zero-order chi connectivity index (χ0) is 22.1. The van der Waals surface area contributed by atoms with E-state index in [0.717, 1.165) is 6.92 Å². The Morgan fingerprint density at radius 1 is 0.933 bits per heavy atom. The van der Waals surface area contributed by atoms with Crippen molar-refractivity contribution >= 4 is 35.0 Å². The molecule has 1 atom stereocenters. The lowest BCUT2D eigenvalue weighted by Gasteiger charge is -2.34. The first-order chi connectivity index (χ1) is 14.4. The van der Waals surface area contributed by atoms with Gasteiger partial charge in [-0.2, -0.15) is 0 Å². The fourth-order valence-electron chi connectivity index (χ4n) is 3.09. The molecule has 0 aliphatic rings. The van der Waals surface area contributed by atoms with Crippen LogP contribution in [0.5, 0.6) is 0 Å². The lowest BCUT2D eigenvalue weighted by Crippen LogP contribution is -2.56. The molecule has 1 heterocycles.